The summed E-state index contributed by atoms with van der Waals surface area (Å²) in [5.74, 6) is 1.70. The van der Waals surface area contributed by atoms with Gasteiger partial charge in [-0.25, -0.2) is 0 Å². The van der Waals surface area contributed by atoms with E-state index in [4.69, 9.17) is 0 Å². The van der Waals surface area contributed by atoms with Crippen LogP contribution in [0.1, 0.15) is 79.1 Å². The van der Waals surface area contributed by atoms with Gasteiger partial charge in [-0.3, -0.25) is 0 Å². The van der Waals surface area contributed by atoms with Gasteiger partial charge in [-0.05, 0) is 90.6 Å². The van der Waals surface area contributed by atoms with Gasteiger partial charge in [0.05, 0.1) is 0 Å². The van der Waals surface area contributed by atoms with Crippen molar-refractivity contribution in [2.24, 2.45) is 11.8 Å². The maximum atomic E-state index is 2.73. The van der Waals surface area contributed by atoms with Crippen LogP contribution in [0.15, 0.2) is 0 Å². The summed E-state index contributed by atoms with van der Waals surface area (Å²) in [5, 5.41) is 0. The standard InChI is InChI=1S/C20H44N2/c1-19(2)13-11-17-22(18-12-14-20(3)4)16-10-8-7-9-15-21(5)6/h19-20H,7-18H2,1-6H3. The van der Waals surface area contributed by atoms with E-state index in [1.165, 1.54) is 77.5 Å². The molecule has 0 saturated heterocycles. The Morgan fingerprint density at radius 1 is 0.545 bits per heavy atom. The summed E-state index contributed by atoms with van der Waals surface area (Å²) in [6.07, 6.45) is 11.0. The zero-order valence-electron chi connectivity index (χ0n) is 16.5. The summed E-state index contributed by atoms with van der Waals surface area (Å²) in [4.78, 5) is 5.03. The van der Waals surface area contributed by atoms with Crippen LogP contribution in [0, 0.1) is 11.8 Å². The summed E-state index contributed by atoms with van der Waals surface area (Å²) in [7, 11) is 4.34. The molecule has 0 amide bonds. The molecular formula is C20H44N2. The van der Waals surface area contributed by atoms with Gasteiger partial charge in [0.1, 0.15) is 0 Å². The molecule has 0 N–H and O–H groups in total. The molecular weight excluding hydrogens is 268 g/mol. The molecule has 0 radical (unpaired) electrons. The summed E-state index contributed by atoms with van der Waals surface area (Å²) >= 11 is 0. The number of unbranched alkanes of at least 4 members (excludes halogenated alkanes) is 3. The van der Waals surface area contributed by atoms with Crippen LogP contribution in [-0.2, 0) is 0 Å². The Balaban J connectivity index is 3.80. The van der Waals surface area contributed by atoms with Crippen molar-refractivity contribution in [1.82, 2.24) is 9.80 Å². The zero-order chi connectivity index (χ0) is 16.8. The van der Waals surface area contributed by atoms with E-state index in [-0.39, 0.29) is 0 Å². The van der Waals surface area contributed by atoms with Crippen molar-refractivity contribution < 1.29 is 0 Å². The van der Waals surface area contributed by atoms with E-state index in [9.17, 15) is 0 Å². The van der Waals surface area contributed by atoms with Crippen LogP contribution in [0.3, 0.4) is 0 Å². The maximum Gasteiger partial charge on any atom is -0.00186 e. The average molecular weight is 313 g/mol. The monoisotopic (exact) mass is 312 g/mol. The SMILES string of the molecule is CC(C)CCCN(CCCCCCN(C)C)CCCC(C)C. The number of hydrogen-bond donors (Lipinski definition) is 0. The van der Waals surface area contributed by atoms with Crippen LogP contribution < -0.4 is 0 Å². The van der Waals surface area contributed by atoms with Gasteiger partial charge in [-0.2, -0.15) is 0 Å². The highest BCUT2D eigenvalue weighted by molar-refractivity contribution is 4.61. The fourth-order valence-corrected chi connectivity index (χ4v) is 2.90. The van der Waals surface area contributed by atoms with Gasteiger partial charge in [-0.1, -0.05) is 40.5 Å². The van der Waals surface area contributed by atoms with Gasteiger partial charge in [0.15, 0.2) is 0 Å². The van der Waals surface area contributed by atoms with E-state index in [1.807, 2.05) is 0 Å². The van der Waals surface area contributed by atoms with Crippen LogP contribution in [-0.4, -0.2) is 50.1 Å². The Morgan fingerprint density at radius 2 is 0.955 bits per heavy atom. The summed E-state index contributed by atoms with van der Waals surface area (Å²) in [6.45, 7) is 14.6. The normalized spacial score (nSPS) is 12.3. The smallest absolute Gasteiger partial charge is 0.00186 e. The van der Waals surface area contributed by atoms with Crippen LogP contribution in [0.25, 0.3) is 0 Å². The quantitative estimate of drug-likeness (QED) is 0.379. The molecule has 0 aromatic rings. The summed E-state index contributed by atoms with van der Waals surface area (Å²) in [5.41, 5.74) is 0. The molecule has 0 aliphatic carbocycles. The van der Waals surface area contributed by atoms with Crippen molar-refractivity contribution >= 4 is 0 Å². The molecule has 0 heterocycles. The molecule has 0 aliphatic rings. The van der Waals surface area contributed by atoms with Gasteiger partial charge < -0.3 is 9.80 Å². The Hall–Kier alpha value is -0.0800. The largest absolute Gasteiger partial charge is 0.309 e. The highest BCUT2D eigenvalue weighted by Gasteiger charge is 2.06. The Kier molecular flexibility index (Phi) is 14.5. The molecule has 0 spiro atoms. The van der Waals surface area contributed by atoms with E-state index in [1.54, 1.807) is 0 Å². The molecule has 0 aliphatic heterocycles. The van der Waals surface area contributed by atoms with Crippen molar-refractivity contribution in [3.05, 3.63) is 0 Å². The minimum absolute atomic E-state index is 0.851. The highest BCUT2D eigenvalue weighted by atomic mass is 15.1. The molecule has 134 valence electrons. The first-order valence-electron chi connectivity index (χ1n) is 9.79. The van der Waals surface area contributed by atoms with Crippen molar-refractivity contribution in [2.45, 2.75) is 79.1 Å². The van der Waals surface area contributed by atoms with E-state index in [2.05, 4.69) is 51.6 Å². The van der Waals surface area contributed by atoms with Crippen LogP contribution in [0.4, 0.5) is 0 Å². The molecule has 0 saturated carbocycles. The third-order valence-corrected chi connectivity index (χ3v) is 4.34. The predicted molar refractivity (Wildman–Crippen MR) is 102 cm³/mol. The lowest BCUT2D eigenvalue weighted by molar-refractivity contribution is 0.247. The maximum absolute atomic E-state index is 2.73. The molecule has 0 aromatic heterocycles. The predicted octanol–water partition coefficient (Wildman–Crippen LogP) is 5.28. The van der Waals surface area contributed by atoms with Crippen LogP contribution in [0.5, 0.6) is 0 Å². The topological polar surface area (TPSA) is 6.48 Å². The second-order valence-electron chi connectivity index (χ2n) is 8.13. The third-order valence-electron chi connectivity index (χ3n) is 4.34. The fourth-order valence-electron chi connectivity index (χ4n) is 2.90. The molecule has 0 fully saturated rings. The van der Waals surface area contributed by atoms with E-state index in [0.29, 0.717) is 0 Å². The van der Waals surface area contributed by atoms with E-state index < -0.39 is 0 Å². The lowest BCUT2D eigenvalue weighted by atomic mass is 10.1. The van der Waals surface area contributed by atoms with E-state index >= 15 is 0 Å². The van der Waals surface area contributed by atoms with Crippen LogP contribution in [0.2, 0.25) is 0 Å². The van der Waals surface area contributed by atoms with Gasteiger partial charge in [-0.15, -0.1) is 0 Å². The molecule has 0 bridgehead atoms. The van der Waals surface area contributed by atoms with Gasteiger partial charge in [0.25, 0.3) is 0 Å². The molecule has 2 heteroatoms. The first-order chi connectivity index (χ1) is 10.4. The number of hydrogen-bond acceptors (Lipinski definition) is 2. The minimum Gasteiger partial charge on any atom is -0.309 e. The molecule has 0 rings (SSSR count). The zero-order valence-corrected chi connectivity index (χ0v) is 16.5. The molecule has 2 nitrogen and oxygen atoms in total. The highest BCUT2D eigenvalue weighted by Crippen LogP contribution is 2.10. The van der Waals surface area contributed by atoms with Gasteiger partial charge in [0.2, 0.25) is 0 Å². The Morgan fingerprint density at radius 3 is 1.36 bits per heavy atom. The van der Waals surface area contributed by atoms with Crippen molar-refractivity contribution in [3.63, 3.8) is 0 Å². The Labute approximate surface area is 141 Å². The second kappa shape index (κ2) is 14.5. The molecule has 0 aromatic carbocycles. The number of rotatable bonds is 15. The van der Waals surface area contributed by atoms with Crippen molar-refractivity contribution in [1.29, 1.82) is 0 Å². The number of nitrogens with zero attached hydrogens (tertiary/aromatic N) is 2. The minimum atomic E-state index is 0.851. The van der Waals surface area contributed by atoms with Gasteiger partial charge >= 0.3 is 0 Å². The average Bonchev–Trinajstić information content (AvgIpc) is 2.40. The van der Waals surface area contributed by atoms with Crippen molar-refractivity contribution in [3.8, 4) is 0 Å². The molecule has 0 atom stereocenters. The Bertz CT molecular complexity index is 210. The summed E-state index contributed by atoms with van der Waals surface area (Å²) < 4.78 is 0. The van der Waals surface area contributed by atoms with Crippen LogP contribution >= 0.6 is 0 Å². The van der Waals surface area contributed by atoms with E-state index in [0.717, 1.165) is 11.8 Å². The van der Waals surface area contributed by atoms with Gasteiger partial charge in [0, 0.05) is 0 Å². The fraction of sp³-hybridized carbons (Fsp3) is 1.00. The molecule has 0 unspecified atom stereocenters. The lowest BCUT2D eigenvalue weighted by Crippen LogP contribution is -2.27. The first-order valence-corrected chi connectivity index (χ1v) is 9.79. The first kappa shape index (κ1) is 21.9. The van der Waals surface area contributed by atoms with Crippen molar-refractivity contribution in [2.75, 3.05) is 40.3 Å². The summed E-state index contributed by atoms with van der Waals surface area (Å²) in [6, 6.07) is 0. The third kappa shape index (κ3) is 16.3. The lowest BCUT2D eigenvalue weighted by Gasteiger charge is -2.23. The second-order valence-corrected chi connectivity index (χ2v) is 8.13. The molecule has 22 heavy (non-hydrogen) atoms.